The van der Waals surface area contributed by atoms with Crippen molar-refractivity contribution in [2.45, 2.75) is 13.0 Å². The monoisotopic (exact) mass is 196 g/mol. The van der Waals surface area contributed by atoms with E-state index in [1.165, 1.54) is 5.56 Å². The van der Waals surface area contributed by atoms with Crippen LogP contribution >= 0.6 is 11.6 Å². The molecule has 1 aliphatic heterocycles. The molecule has 1 heterocycles. The van der Waals surface area contributed by atoms with Crippen molar-refractivity contribution < 1.29 is 0 Å². The van der Waals surface area contributed by atoms with Crippen LogP contribution in [-0.4, -0.2) is 19.1 Å². The van der Waals surface area contributed by atoms with Crippen LogP contribution in [0.5, 0.6) is 0 Å². The second-order valence-corrected chi connectivity index (χ2v) is 3.89. The molecule has 1 aromatic rings. The maximum absolute atomic E-state index is 6.04. The number of halogens is 1. The zero-order valence-electron chi connectivity index (χ0n) is 7.60. The summed E-state index contributed by atoms with van der Waals surface area (Å²) in [6, 6.07) is 6.58. The maximum Gasteiger partial charge on any atom is 0.0637 e. The molecule has 0 aromatic heterocycles. The fourth-order valence-electron chi connectivity index (χ4n) is 1.36. The van der Waals surface area contributed by atoms with Gasteiger partial charge in [-0.3, -0.25) is 0 Å². The van der Waals surface area contributed by atoms with Gasteiger partial charge in [0, 0.05) is 13.1 Å². The van der Waals surface area contributed by atoms with Crippen LogP contribution in [0.1, 0.15) is 5.56 Å². The van der Waals surface area contributed by atoms with Crippen molar-refractivity contribution in [3.63, 3.8) is 0 Å². The van der Waals surface area contributed by atoms with Gasteiger partial charge in [0.05, 0.1) is 16.8 Å². The van der Waals surface area contributed by atoms with Gasteiger partial charge in [0.2, 0.25) is 0 Å². The Balaban J connectivity index is 2.13. The van der Waals surface area contributed by atoms with Crippen molar-refractivity contribution >= 4 is 17.3 Å². The predicted molar refractivity (Wildman–Crippen MR) is 56.5 cm³/mol. The number of aryl methyl sites for hydroxylation is 1. The van der Waals surface area contributed by atoms with Crippen LogP contribution in [0.25, 0.3) is 0 Å². The van der Waals surface area contributed by atoms with Gasteiger partial charge in [0.1, 0.15) is 0 Å². The highest BCUT2D eigenvalue weighted by Crippen LogP contribution is 2.23. The van der Waals surface area contributed by atoms with Crippen LogP contribution in [-0.2, 0) is 0 Å². The minimum absolute atomic E-state index is 0.541. The number of rotatable bonds is 2. The minimum atomic E-state index is 0.541. The molecule has 1 aromatic carbocycles. The van der Waals surface area contributed by atoms with E-state index in [1.807, 2.05) is 12.1 Å². The largest absolute Gasteiger partial charge is 0.379 e. The van der Waals surface area contributed by atoms with Crippen molar-refractivity contribution in [1.29, 1.82) is 0 Å². The molecule has 0 bridgehead atoms. The first kappa shape index (κ1) is 8.85. The lowest BCUT2D eigenvalue weighted by molar-refractivity contribution is 0.472. The highest BCUT2D eigenvalue weighted by Gasteiger charge is 2.16. The molecule has 0 atom stereocenters. The fourth-order valence-corrected chi connectivity index (χ4v) is 1.53. The molecule has 0 amide bonds. The van der Waals surface area contributed by atoms with Gasteiger partial charge < -0.3 is 10.6 Å². The lowest BCUT2D eigenvalue weighted by Gasteiger charge is -2.29. The standard InChI is InChI=1S/C10H13ClN2/c1-7-2-3-9(11)10(4-7)13-8-5-12-6-8/h2-4,8,12-13H,5-6H2,1H3. The summed E-state index contributed by atoms with van der Waals surface area (Å²) in [5, 5.41) is 7.41. The van der Waals surface area contributed by atoms with Gasteiger partial charge in [-0.05, 0) is 24.6 Å². The third-order valence-corrected chi connectivity index (χ3v) is 2.59. The van der Waals surface area contributed by atoms with Crippen molar-refractivity contribution in [3.8, 4) is 0 Å². The average molecular weight is 197 g/mol. The quantitative estimate of drug-likeness (QED) is 0.757. The van der Waals surface area contributed by atoms with Crippen molar-refractivity contribution in [2.75, 3.05) is 18.4 Å². The molecule has 0 saturated carbocycles. The molecular weight excluding hydrogens is 184 g/mol. The van der Waals surface area contributed by atoms with Crippen molar-refractivity contribution in [2.24, 2.45) is 0 Å². The minimum Gasteiger partial charge on any atom is -0.379 e. The average Bonchev–Trinajstić information content (AvgIpc) is 2.03. The van der Waals surface area contributed by atoms with Crippen LogP contribution in [0.4, 0.5) is 5.69 Å². The number of anilines is 1. The van der Waals surface area contributed by atoms with Crippen LogP contribution in [0.2, 0.25) is 5.02 Å². The summed E-state index contributed by atoms with van der Waals surface area (Å²) in [5.41, 5.74) is 2.28. The van der Waals surface area contributed by atoms with Crippen LogP contribution in [0.3, 0.4) is 0 Å². The first-order valence-corrected chi connectivity index (χ1v) is 4.87. The number of hydrogen-bond donors (Lipinski definition) is 2. The summed E-state index contributed by atoms with van der Waals surface area (Å²) in [4.78, 5) is 0. The Morgan fingerprint density at radius 1 is 1.46 bits per heavy atom. The Hall–Kier alpha value is -0.730. The van der Waals surface area contributed by atoms with E-state index < -0.39 is 0 Å². The summed E-state index contributed by atoms with van der Waals surface area (Å²) in [7, 11) is 0. The van der Waals surface area contributed by atoms with E-state index in [-0.39, 0.29) is 0 Å². The predicted octanol–water partition coefficient (Wildman–Crippen LogP) is 2.03. The zero-order valence-corrected chi connectivity index (χ0v) is 8.36. The van der Waals surface area contributed by atoms with Crippen LogP contribution in [0, 0.1) is 6.92 Å². The Bertz CT molecular complexity index is 308. The molecule has 70 valence electrons. The number of hydrogen-bond acceptors (Lipinski definition) is 2. The summed E-state index contributed by atoms with van der Waals surface area (Å²) in [6.07, 6.45) is 0. The highest BCUT2D eigenvalue weighted by atomic mass is 35.5. The molecule has 0 unspecified atom stereocenters. The SMILES string of the molecule is Cc1ccc(Cl)c(NC2CNC2)c1. The molecule has 13 heavy (non-hydrogen) atoms. The molecule has 0 aliphatic carbocycles. The van der Waals surface area contributed by atoms with E-state index in [4.69, 9.17) is 11.6 Å². The fraction of sp³-hybridized carbons (Fsp3) is 0.400. The molecule has 0 spiro atoms. The Morgan fingerprint density at radius 3 is 2.85 bits per heavy atom. The lowest BCUT2D eigenvalue weighted by atomic mass is 10.1. The molecule has 1 aliphatic rings. The Labute approximate surface area is 83.3 Å². The normalized spacial score (nSPS) is 16.8. The lowest BCUT2D eigenvalue weighted by Crippen LogP contribution is -2.51. The number of benzene rings is 1. The third kappa shape index (κ3) is 1.95. The van der Waals surface area contributed by atoms with E-state index >= 15 is 0 Å². The first-order chi connectivity index (χ1) is 6.25. The second-order valence-electron chi connectivity index (χ2n) is 3.48. The highest BCUT2D eigenvalue weighted by molar-refractivity contribution is 6.33. The zero-order chi connectivity index (χ0) is 9.26. The topological polar surface area (TPSA) is 24.1 Å². The molecule has 1 saturated heterocycles. The van der Waals surface area contributed by atoms with Crippen LogP contribution < -0.4 is 10.6 Å². The van der Waals surface area contributed by atoms with Gasteiger partial charge in [-0.1, -0.05) is 17.7 Å². The summed E-state index contributed by atoms with van der Waals surface area (Å²) in [5.74, 6) is 0. The molecular formula is C10H13ClN2. The van der Waals surface area contributed by atoms with E-state index in [1.54, 1.807) is 0 Å². The Morgan fingerprint density at radius 2 is 2.23 bits per heavy atom. The summed E-state index contributed by atoms with van der Waals surface area (Å²) < 4.78 is 0. The maximum atomic E-state index is 6.04. The third-order valence-electron chi connectivity index (χ3n) is 2.26. The van der Waals surface area contributed by atoms with Gasteiger partial charge in [0.15, 0.2) is 0 Å². The van der Waals surface area contributed by atoms with E-state index in [2.05, 4.69) is 23.6 Å². The first-order valence-electron chi connectivity index (χ1n) is 4.49. The van der Waals surface area contributed by atoms with E-state index in [0.29, 0.717) is 6.04 Å². The van der Waals surface area contributed by atoms with Crippen LogP contribution in [0.15, 0.2) is 18.2 Å². The molecule has 2 N–H and O–H groups in total. The Kier molecular flexibility index (Phi) is 2.42. The van der Waals surface area contributed by atoms with Crippen molar-refractivity contribution in [3.05, 3.63) is 28.8 Å². The molecule has 1 fully saturated rings. The van der Waals surface area contributed by atoms with Gasteiger partial charge >= 0.3 is 0 Å². The molecule has 2 rings (SSSR count). The second kappa shape index (κ2) is 3.56. The van der Waals surface area contributed by atoms with E-state index in [9.17, 15) is 0 Å². The van der Waals surface area contributed by atoms with Gasteiger partial charge in [0.25, 0.3) is 0 Å². The summed E-state index contributed by atoms with van der Waals surface area (Å²) >= 11 is 6.04. The van der Waals surface area contributed by atoms with Gasteiger partial charge in [-0.2, -0.15) is 0 Å². The molecule has 2 nitrogen and oxygen atoms in total. The van der Waals surface area contributed by atoms with Gasteiger partial charge in [-0.15, -0.1) is 0 Å². The summed E-state index contributed by atoms with van der Waals surface area (Å²) in [6.45, 7) is 4.13. The van der Waals surface area contributed by atoms with E-state index in [0.717, 1.165) is 23.8 Å². The van der Waals surface area contributed by atoms with Gasteiger partial charge in [-0.25, -0.2) is 0 Å². The van der Waals surface area contributed by atoms with Crippen molar-refractivity contribution in [1.82, 2.24) is 5.32 Å². The number of nitrogens with one attached hydrogen (secondary N) is 2. The molecule has 0 radical (unpaired) electrons. The molecule has 3 heteroatoms. The smallest absolute Gasteiger partial charge is 0.0637 e.